The third-order valence-electron chi connectivity index (χ3n) is 4.87. The largest absolute Gasteiger partial charge is 0.486 e. The third kappa shape index (κ3) is 4.00. The molecule has 1 aliphatic rings. The fourth-order valence-corrected chi connectivity index (χ4v) is 4.00. The van der Waals surface area contributed by atoms with Gasteiger partial charge in [-0.3, -0.25) is 4.79 Å². The smallest absolute Gasteiger partial charge is 0.339 e. The molecule has 4 aromatic rings. The highest BCUT2D eigenvalue weighted by molar-refractivity contribution is 7.13. The Labute approximate surface area is 187 Å². The van der Waals surface area contributed by atoms with Crippen LogP contribution in [0.3, 0.4) is 0 Å². The quantitative estimate of drug-likeness (QED) is 0.311. The van der Waals surface area contributed by atoms with E-state index in [4.69, 9.17) is 18.7 Å². The molecular weight excluding hydrogens is 430 g/mol. The minimum absolute atomic E-state index is 0.0692. The maximum Gasteiger partial charge on any atom is 0.339 e. The number of hydrogen-bond acceptors (Lipinski definition) is 8. The first-order chi connectivity index (χ1) is 15.7. The number of thiophene rings is 1. The fraction of sp³-hybridized carbons (Fsp3) is 0.125. The van der Waals surface area contributed by atoms with Gasteiger partial charge in [-0.25, -0.2) is 4.79 Å². The van der Waals surface area contributed by atoms with E-state index in [0.29, 0.717) is 41.7 Å². The van der Waals surface area contributed by atoms with Crippen molar-refractivity contribution in [3.63, 3.8) is 0 Å². The SMILES string of the molecule is O=C(OCc1cc(-c2cccs2)on1)c1ccccc1C(=O)c1ccc2c(c1)OCCO2. The molecule has 0 spiro atoms. The van der Waals surface area contributed by atoms with Crippen molar-refractivity contribution in [2.45, 2.75) is 6.61 Å². The number of esters is 1. The normalized spacial score (nSPS) is 12.4. The van der Waals surface area contributed by atoms with Gasteiger partial charge in [0.1, 0.15) is 25.5 Å². The van der Waals surface area contributed by atoms with Crippen LogP contribution in [0.4, 0.5) is 0 Å². The number of rotatable bonds is 6. The van der Waals surface area contributed by atoms with Crippen molar-refractivity contribution in [3.05, 3.63) is 88.4 Å². The molecule has 8 heteroatoms. The zero-order chi connectivity index (χ0) is 21.9. The minimum Gasteiger partial charge on any atom is -0.486 e. The number of ether oxygens (including phenoxy) is 3. The second-order valence-corrected chi connectivity index (χ2v) is 7.92. The molecule has 0 aliphatic carbocycles. The van der Waals surface area contributed by atoms with E-state index < -0.39 is 5.97 Å². The third-order valence-corrected chi connectivity index (χ3v) is 5.75. The maximum atomic E-state index is 13.1. The Morgan fingerprint density at radius 3 is 2.56 bits per heavy atom. The highest BCUT2D eigenvalue weighted by Gasteiger charge is 2.22. The molecule has 0 unspecified atom stereocenters. The highest BCUT2D eigenvalue weighted by Crippen LogP contribution is 2.32. The topological polar surface area (TPSA) is 87.9 Å². The second kappa shape index (κ2) is 8.68. The lowest BCUT2D eigenvalue weighted by Crippen LogP contribution is -2.16. The molecule has 160 valence electrons. The van der Waals surface area contributed by atoms with Crippen LogP contribution in [0.1, 0.15) is 32.0 Å². The van der Waals surface area contributed by atoms with Crippen LogP contribution < -0.4 is 9.47 Å². The summed E-state index contributed by atoms with van der Waals surface area (Å²) in [6, 6.07) is 17.1. The summed E-state index contributed by atoms with van der Waals surface area (Å²) in [6.45, 7) is 0.819. The molecule has 0 radical (unpaired) electrons. The Morgan fingerprint density at radius 2 is 1.75 bits per heavy atom. The standard InChI is InChI=1S/C24H17NO6S/c26-23(15-7-8-19-20(12-15)29-10-9-28-19)17-4-1-2-5-18(17)24(27)30-14-16-13-21(31-25-16)22-6-3-11-32-22/h1-8,11-13H,9-10,14H2. The van der Waals surface area contributed by atoms with E-state index in [-0.39, 0.29) is 23.5 Å². The van der Waals surface area contributed by atoms with Crippen LogP contribution in [0, 0.1) is 0 Å². The molecule has 0 bridgehead atoms. The van der Waals surface area contributed by atoms with Crippen LogP contribution in [0.15, 0.2) is 70.6 Å². The van der Waals surface area contributed by atoms with Gasteiger partial charge in [0.15, 0.2) is 23.0 Å². The Bertz CT molecular complexity index is 1280. The summed E-state index contributed by atoms with van der Waals surface area (Å²) in [5.74, 6) is 0.785. The molecule has 0 N–H and O–H groups in total. The second-order valence-electron chi connectivity index (χ2n) is 6.97. The van der Waals surface area contributed by atoms with E-state index in [9.17, 15) is 9.59 Å². The van der Waals surface area contributed by atoms with Crippen LogP contribution >= 0.6 is 11.3 Å². The molecule has 3 heterocycles. The van der Waals surface area contributed by atoms with Gasteiger partial charge < -0.3 is 18.7 Å². The maximum absolute atomic E-state index is 13.1. The van der Waals surface area contributed by atoms with Gasteiger partial charge in [-0.2, -0.15) is 0 Å². The minimum atomic E-state index is -0.618. The predicted octanol–water partition coefficient (Wildman–Crippen LogP) is 4.76. The Hall–Kier alpha value is -3.91. The molecule has 2 aromatic heterocycles. The summed E-state index contributed by atoms with van der Waals surface area (Å²) in [7, 11) is 0. The lowest BCUT2D eigenvalue weighted by atomic mass is 9.98. The van der Waals surface area contributed by atoms with Gasteiger partial charge in [-0.05, 0) is 35.7 Å². The van der Waals surface area contributed by atoms with Crippen molar-refractivity contribution < 1.29 is 28.3 Å². The molecule has 2 aromatic carbocycles. The predicted molar refractivity (Wildman–Crippen MR) is 116 cm³/mol. The monoisotopic (exact) mass is 447 g/mol. The van der Waals surface area contributed by atoms with Crippen LogP contribution in [0.2, 0.25) is 0 Å². The van der Waals surface area contributed by atoms with Gasteiger partial charge in [-0.15, -0.1) is 11.3 Å². The van der Waals surface area contributed by atoms with E-state index in [0.717, 1.165) is 4.88 Å². The fourth-order valence-electron chi connectivity index (χ4n) is 3.33. The lowest BCUT2D eigenvalue weighted by molar-refractivity contribution is 0.0461. The number of carbonyl (C=O) groups excluding carboxylic acids is 2. The molecule has 5 rings (SSSR count). The van der Waals surface area contributed by atoms with Crippen molar-refractivity contribution in [2.24, 2.45) is 0 Å². The van der Waals surface area contributed by atoms with E-state index >= 15 is 0 Å². The Kier molecular flexibility index (Phi) is 5.43. The van der Waals surface area contributed by atoms with E-state index in [1.165, 1.54) is 11.3 Å². The number of benzene rings is 2. The van der Waals surface area contributed by atoms with Gasteiger partial charge in [0.2, 0.25) is 0 Å². The zero-order valence-corrected chi connectivity index (χ0v) is 17.6. The first-order valence-corrected chi connectivity index (χ1v) is 10.8. The van der Waals surface area contributed by atoms with Crippen LogP contribution in [0.5, 0.6) is 11.5 Å². The number of nitrogens with zero attached hydrogens (tertiary/aromatic N) is 1. The lowest BCUT2D eigenvalue weighted by Gasteiger charge is -2.18. The van der Waals surface area contributed by atoms with Gasteiger partial charge in [-0.1, -0.05) is 29.4 Å². The number of hydrogen-bond donors (Lipinski definition) is 0. The highest BCUT2D eigenvalue weighted by atomic mass is 32.1. The van der Waals surface area contributed by atoms with Crippen molar-refractivity contribution >= 4 is 23.1 Å². The van der Waals surface area contributed by atoms with Crippen molar-refractivity contribution in [1.82, 2.24) is 5.16 Å². The summed E-state index contributed by atoms with van der Waals surface area (Å²) in [5, 5.41) is 5.88. The zero-order valence-electron chi connectivity index (χ0n) is 16.8. The molecule has 0 saturated heterocycles. The first kappa shape index (κ1) is 20.0. The Balaban J connectivity index is 1.33. The van der Waals surface area contributed by atoms with Crippen molar-refractivity contribution in [2.75, 3.05) is 13.2 Å². The van der Waals surface area contributed by atoms with Gasteiger partial charge in [0.05, 0.1) is 10.4 Å². The molecule has 0 atom stereocenters. The number of aromatic nitrogens is 1. The molecule has 7 nitrogen and oxygen atoms in total. The van der Waals surface area contributed by atoms with Gasteiger partial charge in [0, 0.05) is 17.2 Å². The Morgan fingerprint density at radius 1 is 0.938 bits per heavy atom. The van der Waals surface area contributed by atoms with Crippen LogP contribution in [-0.2, 0) is 11.3 Å². The van der Waals surface area contributed by atoms with E-state index in [2.05, 4.69) is 5.16 Å². The van der Waals surface area contributed by atoms with Crippen LogP contribution in [0.25, 0.3) is 10.6 Å². The molecule has 0 saturated carbocycles. The molecular formula is C24H17NO6S. The van der Waals surface area contributed by atoms with Gasteiger partial charge in [0.25, 0.3) is 0 Å². The average molecular weight is 447 g/mol. The number of fused-ring (bicyclic) bond motifs is 1. The molecule has 32 heavy (non-hydrogen) atoms. The summed E-state index contributed by atoms with van der Waals surface area (Å²) in [6.07, 6.45) is 0. The average Bonchev–Trinajstić information content (AvgIpc) is 3.54. The summed E-state index contributed by atoms with van der Waals surface area (Å²) in [4.78, 5) is 26.8. The number of ketones is 1. The first-order valence-electron chi connectivity index (χ1n) is 9.89. The molecule has 1 aliphatic heterocycles. The van der Waals surface area contributed by atoms with Crippen molar-refractivity contribution in [3.8, 4) is 22.1 Å². The van der Waals surface area contributed by atoms with E-state index in [1.54, 1.807) is 48.5 Å². The number of carbonyl (C=O) groups is 2. The summed E-state index contributed by atoms with van der Waals surface area (Å²) >= 11 is 1.53. The molecule has 0 fully saturated rings. The van der Waals surface area contributed by atoms with Crippen molar-refractivity contribution in [1.29, 1.82) is 0 Å². The summed E-state index contributed by atoms with van der Waals surface area (Å²) < 4.78 is 21.8. The van der Waals surface area contributed by atoms with Crippen LogP contribution in [-0.4, -0.2) is 30.1 Å². The summed E-state index contributed by atoms with van der Waals surface area (Å²) in [5.41, 5.74) is 1.30. The molecule has 0 amide bonds. The van der Waals surface area contributed by atoms with E-state index in [1.807, 2.05) is 17.5 Å². The van der Waals surface area contributed by atoms with Gasteiger partial charge >= 0.3 is 5.97 Å².